The lowest BCUT2D eigenvalue weighted by Gasteiger charge is -2.33. The van der Waals surface area contributed by atoms with Gasteiger partial charge < -0.3 is 35.0 Å². The summed E-state index contributed by atoms with van der Waals surface area (Å²) in [5.41, 5.74) is 1.07. The standard InChI is InChI=1S/C40H54BN4O9PS/c1-56(50,51)28-26-36(44-40(48)37(45-41)23-13-14-27-52-29-31-15-5-2-6-16-31)39(47)43-35-22-12-11-17-32(35)24-25-38(46)42-30-55(49,53-33-18-7-3-8-19-33)54-34-20-9-4-10-21-34/h2-10,15-16,18-21,32,35-37,45H,11-14,17,22-30H2,1H3,(H,42,46)(H,43,47)(H,44,48)/t32?,35?,36-,37-/m0/s1. The molecule has 4 atom stereocenters. The summed E-state index contributed by atoms with van der Waals surface area (Å²) in [7, 11) is -1.58. The normalized spacial score (nSPS) is 16.9. The molecule has 0 saturated heterocycles. The van der Waals surface area contributed by atoms with Crippen LogP contribution >= 0.6 is 7.60 Å². The molecule has 3 aromatic carbocycles. The zero-order chi connectivity index (χ0) is 40.2. The van der Waals surface area contributed by atoms with Crippen molar-refractivity contribution in [3.63, 3.8) is 0 Å². The fourth-order valence-corrected chi connectivity index (χ4v) is 8.55. The van der Waals surface area contributed by atoms with Crippen molar-refractivity contribution in [2.24, 2.45) is 5.92 Å². The Bertz CT molecular complexity index is 1760. The molecule has 13 nitrogen and oxygen atoms in total. The number of hydrogen-bond acceptors (Lipinski definition) is 10. The molecular formula is C40H54BN4O9PS. The lowest BCUT2D eigenvalue weighted by molar-refractivity contribution is -0.130. The van der Waals surface area contributed by atoms with Gasteiger partial charge in [0.15, 0.2) is 7.98 Å². The second-order valence-corrected chi connectivity index (χ2v) is 18.3. The van der Waals surface area contributed by atoms with Gasteiger partial charge in [0.1, 0.15) is 33.7 Å². The van der Waals surface area contributed by atoms with Crippen molar-refractivity contribution in [3.05, 3.63) is 96.6 Å². The first-order valence-corrected chi connectivity index (χ1v) is 22.9. The Balaban J connectivity index is 1.29. The lowest BCUT2D eigenvalue weighted by atomic mass is 9.81. The predicted octanol–water partition coefficient (Wildman–Crippen LogP) is 5.21. The summed E-state index contributed by atoms with van der Waals surface area (Å²) in [5.74, 6) is -1.04. The summed E-state index contributed by atoms with van der Waals surface area (Å²) in [6.07, 6.45) is 6.06. The van der Waals surface area contributed by atoms with E-state index in [4.69, 9.17) is 21.8 Å². The summed E-state index contributed by atoms with van der Waals surface area (Å²) in [4.78, 5) is 40.1. The molecule has 0 aliphatic heterocycles. The Morgan fingerprint density at radius 3 is 2.04 bits per heavy atom. The molecule has 2 radical (unpaired) electrons. The van der Waals surface area contributed by atoms with E-state index in [-0.39, 0.29) is 42.7 Å². The third-order valence-electron chi connectivity index (χ3n) is 9.50. The van der Waals surface area contributed by atoms with E-state index >= 15 is 0 Å². The first-order chi connectivity index (χ1) is 26.9. The number of nitrogens with one attached hydrogen (secondary N) is 4. The Hall–Kier alpha value is -4.17. The first kappa shape index (κ1) is 44.5. The summed E-state index contributed by atoms with van der Waals surface area (Å²) in [6, 6.07) is 24.7. The largest absolute Gasteiger partial charge is 0.449 e. The number of sulfone groups is 1. The highest BCUT2D eigenvalue weighted by Gasteiger charge is 2.33. The zero-order valence-corrected chi connectivity index (χ0v) is 33.7. The molecule has 1 fully saturated rings. The third kappa shape index (κ3) is 16.5. The molecule has 4 rings (SSSR count). The maximum Gasteiger partial charge on any atom is 0.449 e. The van der Waals surface area contributed by atoms with Gasteiger partial charge >= 0.3 is 7.60 Å². The average molecular weight is 809 g/mol. The number of benzene rings is 3. The monoisotopic (exact) mass is 808 g/mol. The molecule has 0 bridgehead atoms. The van der Waals surface area contributed by atoms with Gasteiger partial charge in [-0.1, -0.05) is 79.6 Å². The number of ether oxygens (including phenoxy) is 1. The molecule has 3 aromatic rings. The van der Waals surface area contributed by atoms with Crippen LogP contribution in [-0.2, 0) is 40.1 Å². The summed E-state index contributed by atoms with van der Waals surface area (Å²) in [5, 5.41) is 11.0. The number of para-hydroxylation sites is 2. The van der Waals surface area contributed by atoms with Crippen LogP contribution in [0.25, 0.3) is 0 Å². The molecule has 3 amide bonds. The van der Waals surface area contributed by atoms with E-state index in [1.165, 1.54) is 0 Å². The molecule has 1 aliphatic carbocycles. The molecule has 56 heavy (non-hydrogen) atoms. The Morgan fingerprint density at radius 1 is 0.821 bits per heavy atom. The number of rotatable bonds is 24. The van der Waals surface area contributed by atoms with E-state index in [1.54, 1.807) is 60.7 Å². The molecular weight excluding hydrogens is 754 g/mol. The van der Waals surface area contributed by atoms with Crippen LogP contribution in [0.5, 0.6) is 11.5 Å². The maximum absolute atomic E-state index is 13.8. The van der Waals surface area contributed by atoms with E-state index in [2.05, 4.69) is 21.2 Å². The van der Waals surface area contributed by atoms with Crippen molar-refractivity contribution < 1.29 is 41.2 Å². The SMILES string of the molecule is [B]N[C@@H](CCCCOCc1ccccc1)C(=O)N[C@@H](CCS(C)(=O)=O)C(=O)NC1CCCCC1CCC(=O)NCP(=O)(Oc1ccccc1)Oc1ccccc1. The molecule has 302 valence electrons. The molecule has 1 saturated carbocycles. The van der Waals surface area contributed by atoms with Crippen LogP contribution < -0.4 is 30.2 Å². The van der Waals surface area contributed by atoms with Crippen molar-refractivity contribution >= 4 is 43.1 Å². The van der Waals surface area contributed by atoms with Crippen LogP contribution in [0, 0.1) is 5.92 Å². The van der Waals surface area contributed by atoms with Gasteiger partial charge in [0.25, 0.3) is 0 Å². The second kappa shape index (κ2) is 23.2. The molecule has 16 heteroatoms. The van der Waals surface area contributed by atoms with Gasteiger partial charge in [0.2, 0.25) is 17.7 Å². The highest BCUT2D eigenvalue weighted by molar-refractivity contribution is 7.90. The lowest BCUT2D eigenvalue weighted by Crippen LogP contribution is -2.55. The van der Waals surface area contributed by atoms with E-state index < -0.39 is 41.3 Å². The summed E-state index contributed by atoms with van der Waals surface area (Å²) >= 11 is 0. The Labute approximate surface area is 332 Å². The predicted molar refractivity (Wildman–Crippen MR) is 217 cm³/mol. The molecule has 1 aliphatic rings. The zero-order valence-electron chi connectivity index (χ0n) is 32.0. The van der Waals surface area contributed by atoms with Crippen LogP contribution in [0.2, 0.25) is 0 Å². The van der Waals surface area contributed by atoms with E-state index in [0.717, 1.165) is 31.1 Å². The van der Waals surface area contributed by atoms with Crippen LogP contribution in [0.1, 0.15) is 69.8 Å². The number of amides is 3. The van der Waals surface area contributed by atoms with Crippen molar-refractivity contribution in [2.45, 2.75) is 88.9 Å². The van der Waals surface area contributed by atoms with Crippen molar-refractivity contribution in [3.8, 4) is 11.5 Å². The quantitative estimate of drug-likeness (QED) is 0.0534. The molecule has 0 spiro atoms. The van der Waals surface area contributed by atoms with Gasteiger partial charge in [0, 0.05) is 25.3 Å². The molecule has 2 unspecified atom stereocenters. The summed E-state index contributed by atoms with van der Waals surface area (Å²) in [6.45, 7) is 0.994. The maximum atomic E-state index is 13.8. The fourth-order valence-electron chi connectivity index (χ4n) is 6.46. The second-order valence-electron chi connectivity index (χ2n) is 14.1. The molecule has 4 N–H and O–H groups in total. The number of hydrogen-bond donors (Lipinski definition) is 4. The topological polar surface area (TPSA) is 178 Å². The summed E-state index contributed by atoms with van der Waals surface area (Å²) < 4.78 is 55.2. The third-order valence-corrected chi connectivity index (χ3v) is 12.0. The minimum absolute atomic E-state index is 0.0554. The van der Waals surface area contributed by atoms with Crippen LogP contribution in [0.3, 0.4) is 0 Å². The minimum atomic E-state index is -3.86. The van der Waals surface area contributed by atoms with E-state index in [0.29, 0.717) is 56.8 Å². The molecule has 0 heterocycles. The van der Waals surface area contributed by atoms with E-state index in [9.17, 15) is 27.4 Å². The Kier molecular flexibility index (Phi) is 18.4. The Morgan fingerprint density at radius 2 is 1.43 bits per heavy atom. The van der Waals surface area contributed by atoms with Gasteiger partial charge in [-0.2, -0.15) is 0 Å². The van der Waals surface area contributed by atoms with Crippen LogP contribution in [0.15, 0.2) is 91.0 Å². The first-order valence-electron chi connectivity index (χ1n) is 19.1. The van der Waals surface area contributed by atoms with Gasteiger partial charge in [-0.3, -0.25) is 14.4 Å². The average Bonchev–Trinajstić information content (AvgIpc) is 3.18. The van der Waals surface area contributed by atoms with E-state index in [1.807, 2.05) is 30.3 Å². The minimum Gasteiger partial charge on any atom is -0.415 e. The van der Waals surface area contributed by atoms with Crippen molar-refractivity contribution in [1.82, 2.24) is 21.2 Å². The van der Waals surface area contributed by atoms with Gasteiger partial charge in [-0.25, -0.2) is 13.0 Å². The highest BCUT2D eigenvalue weighted by atomic mass is 32.2. The molecule has 0 aromatic heterocycles. The fraction of sp³-hybridized carbons (Fsp3) is 0.475. The van der Waals surface area contributed by atoms with Crippen molar-refractivity contribution in [1.29, 1.82) is 0 Å². The van der Waals surface area contributed by atoms with Gasteiger partial charge in [-0.15, -0.1) is 0 Å². The van der Waals surface area contributed by atoms with Crippen LogP contribution in [-0.4, -0.2) is 77.1 Å². The number of unbranched alkanes of at least 4 members (excludes halogenated alkanes) is 1. The van der Waals surface area contributed by atoms with Gasteiger partial charge in [-0.05, 0) is 80.7 Å². The highest BCUT2D eigenvalue weighted by Crippen LogP contribution is 2.47. The smallest absolute Gasteiger partial charge is 0.415 e. The number of carbonyl (C=O) groups is 3. The number of carbonyl (C=O) groups excluding carboxylic acids is 3. The van der Waals surface area contributed by atoms with Crippen LogP contribution in [0.4, 0.5) is 0 Å². The van der Waals surface area contributed by atoms with Crippen molar-refractivity contribution in [2.75, 3.05) is 24.9 Å². The van der Waals surface area contributed by atoms with Gasteiger partial charge in [0.05, 0.1) is 18.4 Å².